The Morgan fingerprint density at radius 3 is 2.64 bits per heavy atom. The van der Waals surface area contributed by atoms with Gasteiger partial charge in [0, 0.05) is 37.6 Å². The summed E-state index contributed by atoms with van der Waals surface area (Å²) in [6.07, 6.45) is 2.19. The van der Waals surface area contributed by atoms with E-state index in [2.05, 4.69) is 20.4 Å². The number of rotatable bonds is 4. The number of fused-ring (bicyclic) bond motifs is 1. The van der Waals surface area contributed by atoms with Crippen LogP contribution in [0.15, 0.2) is 24.3 Å². The Hall–Kier alpha value is -2.41. The molecule has 2 heterocycles. The zero-order valence-corrected chi connectivity index (χ0v) is 14.4. The lowest BCUT2D eigenvalue weighted by molar-refractivity contribution is -0.126. The molecule has 7 heteroatoms. The molecule has 2 N–H and O–H groups in total. The van der Waals surface area contributed by atoms with Crippen LogP contribution in [0, 0.1) is 0 Å². The van der Waals surface area contributed by atoms with E-state index in [-0.39, 0.29) is 17.9 Å². The molecule has 1 aromatic heterocycles. The molecule has 2 fully saturated rings. The normalized spacial score (nSPS) is 19.8. The average Bonchev–Trinajstić information content (AvgIpc) is 3.36. The van der Waals surface area contributed by atoms with Crippen LogP contribution in [-0.2, 0) is 4.79 Å². The van der Waals surface area contributed by atoms with Crippen LogP contribution in [0.5, 0.6) is 0 Å². The Kier molecular flexibility index (Phi) is 4.17. The van der Waals surface area contributed by atoms with Gasteiger partial charge in [-0.15, -0.1) is 0 Å². The number of nitrogens with one attached hydrogen (secondary N) is 2. The van der Waals surface area contributed by atoms with Gasteiger partial charge in [0.1, 0.15) is 0 Å². The van der Waals surface area contributed by atoms with Gasteiger partial charge in [-0.1, -0.05) is 18.2 Å². The van der Waals surface area contributed by atoms with Crippen LogP contribution in [-0.4, -0.2) is 70.1 Å². The van der Waals surface area contributed by atoms with Crippen molar-refractivity contribution in [3.8, 4) is 0 Å². The van der Waals surface area contributed by atoms with Gasteiger partial charge in [0.05, 0.1) is 11.6 Å². The zero-order valence-electron chi connectivity index (χ0n) is 14.4. The quantitative estimate of drug-likeness (QED) is 0.869. The highest BCUT2D eigenvalue weighted by molar-refractivity contribution is 6.04. The monoisotopic (exact) mass is 341 g/mol. The van der Waals surface area contributed by atoms with E-state index in [1.165, 1.54) is 0 Å². The lowest BCUT2D eigenvalue weighted by Gasteiger charge is -2.37. The molecule has 1 aliphatic heterocycles. The Bertz CT molecular complexity index is 790. The molecule has 2 aliphatic rings. The number of hydrogen-bond acceptors (Lipinski definition) is 4. The smallest absolute Gasteiger partial charge is 0.275 e. The van der Waals surface area contributed by atoms with E-state index >= 15 is 0 Å². The Balaban J connectivity index is 1.38. The SMILES string of the molecule is CC(C(=O)NC1CC1)N1CCN(C(=O)c2n[nH]c3ccccc23)CC1. The largest absolute Gasteiger partial charge is 0.352 e. The maximum absolute atomic E-state index is 12.8. The van der Waals surface area contributed by atoms with Crippen molar-refractivity contribution in [2.45, 2.75) is 31.8 Å². The number of aromatic amines is 1. The second-order valence-electron chi connectivity index (χ2n) is 6.90. The first-order chi connectivity index (χ1) is 12.1. The maximum atomic E-state index is 12.8. The van der Waals surface area contributed by atoms with Gasteiger partial charge in [-0.05, 0) is 25.8 Å². The van der Waals surface area contributed by atoms with Gasteiger partial charge in [0.15, 0.2) is 5.69 Å². The van der Waals surface area contributed by atoms with Gasteiger partial charge in [0.25, 0.3) is 5.91 Å². The highest BCUT2D eigenvalue weighted by Gasteiger charge is 2.31. The van der Waals surface area contributed by atoms with Gasteiger partial charge in [0.2, 0.25) is 5.91 Å². The van der Waals surface area contributed by atoms with Crippen molar-refractivity contribution in [1.29, 1.82) is 0 Å². The van der Waals surface area contributed by atoms with Crippen LogP contribution >= 0.6 is 0 Å². The minimum absolute atomic E-state index is 0.0489. The molecule has 25 heavy (non-hydrogen) atoms. The number of nitrogens with zero attached hydrogens (tertiary/aromatic N) is 3. The highest BCUT2D eigenvalue weighted by Crippen LogP contribution is 2.20. The lowest BCUT2D eigenvalue weighted by Crippen LogP contribution is -2.55. The fourth-order valence-electron chi connectivity index (χ4n) is 3.30. The summed E-state index contributed by atoms with van der Waals surface area (Å²) in [5.74, 6) is 0.0488. The van der Waals surface area contributed by atoms with E-state index in [1.807, 2.05) is 36.1 Å². The molecule has 0 spiro atoms. The number of aromatic nitrogens is 2. The Labute approximate surface area is 146 Å². The molecule has 7 nitrogen and oxygen atoms in total. The number of hydrogen-bond donors (Lipinski definition) is 2. The van der Waals surface area contributed by atoms with Gasteiger partial charge in [-0.3, -0.25) is 19.6 Å². The maximum Gasteiger partial charge on any atom is 0.275 e. The lowest BCUT2D eigenvalue weighted by atomic mass is 10.1. The molecule has 1 aliphatic carbocycles. The topological polar surface area (TPSA) is 81.3 Å². The van der Waals surface area contributed by atoms with Crippen LogP contribution in [0.1, 0.15) is 30.3 Å². The fraction of sp³-hybridized carbons (Fsp3) is 0.500. The molecule has 2 aromatic rings. The van der Waals surface area contributed by atoms with Crippen LogP contribution < -0.4 is 5.32 Å². The molecular formula is C18H23N5O2. The van der Waals surface area contributed by atoms with Crippen LogP contribution in [0.4, 0.5) is 0 Å². The molecular weight excluding hydrogens is 318 g/mol. The van der Waals surface area contributed by atoms with Crippen molar-refractivity contribution < 1.29 is 9.59 Å². The molecule has 1 unspecified atom stereocenters. The minimum atomic E-state index is -0.149. The Morgan fingerprint density at radius 1 is 1.20 bits per heavy atom. The number of para-hydroxylation sites is 1. The molecule has 1 saturated carbocycles. The van der Waals surface area contributed by atoms with Crippen molar-refractivity contribution in [3.05, 3.63) is 30.0 Å². The summed E-state index contributed by atoms with van der Waals surface area (Å²) in [7, 11) is 0. The number of amides is 2. The summed E-state index contributed by atoms with van der Waals surface area (Å²) in [5, 5.41) is 11.0. The highest BCUT2D eigenvalue weighted by atomic mass is 16.2. The number of H-pyrrole nitrogens is 1. The summed E-state index contributed by atoms with van der Waals surface area (Å²) >= 11 is 0. The molecule has 1 aromatic carbocycles. The van der Waals surface area contributed by atoms with E-state index in [0.717, 1.165) is 23.7 Å². The molecule has 4 rings (SSSR count). The summed E-state index contributed by atoms with van der Waals surface area (Å²) in [5.41, 5.74) is 1.35. The average molecular weight is 341 g/mol. The predicted octanol–water partition coefficient (Wildman–Crippen LogP) is 0.988. The molecule has 1 atom stereocenters. The number of carbonyl (C=O) groups excluding carboxylic acids is 2. The second kappa shape index (κ2) is 6.48. The van der Waals surface area contributed by atoms with Crippen molar-refractivity contribution in [1.82, 2.24) is 25.3 Å². The zero-order chi connectivity index (χ0) is 17.4. The van der Waals surface area contributed by atoms with E-state index in [0.29, 0.717) is 37.9 Å². The first kappa shape index (κ1) is 16.1. The van der Waals surface area contributed by atoms with Crippen LogP contribution in [0.25, 0.3) is 10.9 Å². The van der Waals surface area contributed by atoms with Crippen LogP contribution in [0.3, 0.4) is 0 Å². The van der Waals surface area contributed by atoms with Crippen molar-refractivity contribution in [2.75, 3.05) is 26.2 Å². The third-order valence-corrected chi connectivity index (χ3v) is 5.13. The Morgan fingerprint density at radius 2 is 1.92 bits per heavy atom. The molecule has 0 bridgehead atoms. The van der Waals surface area contributed by atoms with E-state index in [9.17, 15) is 9.59 Å². The van der Waals surface area contributed by atoms with Gasteiger partial charge < -0.3 is 10.2 Å². The number of benzene rings is 1. The van der Waals surface area contributed by atoms with E-state index in [1.54, 1.807) is 0 Å². The summed E-state index contributed by atoms with van der Waals surface area (Å²) in [6.45, 7) is 4.57. The van der Waals surface area contributed by atoms with Gasteiger partial charge >= 0.3 is 0 Å². The molecule has 0 radical (unpaired) electrons. The number of carbonyl (C=O) groups is 2. The minimum Gasteiger partial charge on any atom is -0.352 e. The third kappa shape index (κ3) is 3.24. The standard InChI is InChI=1S/C18H23N5O2/c1-12(17(24)19-13-6-7-13)22-8-10-23(11-9-22)18(25)16-14-4-2-3-5-15(14)20-21-16/h2-5,12-13H,6-11H2,1H3,(H,19,24)(H,20,21). The van der Waals surface area contributed by atoms with Crippen molar-refractivity contribution in [2.24, 2.45) is 0 Å². The summed E-state index contributed by atoms with van der Waals surface area (Å²) < 4.78 is 0. The van der Waals surface area contributed by atoms with Gasteiger partial charge in [-0.2, -0.15) is 5.10 Å². The number of piperazine rings is 1. The van der Waals surface area contributed by atoms with E-state index < -0.39 is 0 Å². The second-order valence-corrected chi connectivity index (χ2v) is 6.90. The first-order valence-corrected chi connectivity index (χ1v) is 8.90. The predicted molar refractivity (Wildman–Crippen MR) is 94.2 cm³/mol. The van der Waals surface area contributed by atoms with Crippen LogP contribution in [0.2, 0.25) is 0 Å². The van der Waals surface area contributed by atoms with Crippen molar-refractivity contribution in [3.63, 3.8) is 0 Å². The molecule has 1 saturated heterocycles. The summed E-state index contributed by atoms with van der Waals surface area (Å²) in [6, 6.07) is 7.88. The first-order valence-electron chi connectivity index (χ1n) is 8.90. The van der Waals surface area contributed by atoms with Gasteiger partial charge in [-0.25, -0.2) is 0 Å². The third-order valence-electron chi connectivity index (χ3n) is 5.13. The molecule has 2 amide bonds. The van der Waals surface area contributed by atoms with Crippen molar-refractivity contribution >= 4 is 22.7 Å². The fourth-order valence-corrected chi connectivity index (χ4v) is 3.30. The molecule has 132 valence electrons. The summed E-state index contributed by atoms with van der Waals surface area (Å²) in [4.78, 5) is 28.9. The van der Waals surface area contributed by atoms with E-state index in [4.69, 9.17) is 0 Å².